The average molecular weight is 171 g/mol. The van der Waals surface area contributed by atoms with Crippen LogP contribution in [0.15, 0.2) is 0 Å². The lowest BCUT2D eigenvalue weighted by Gasteiger charge is -2.04. The molecule has 1 aromatic rings. The maximum absolute atomic E-state index is 10.4. The molecule has 1 aromatic heterocycles. The van der Waals surface area contributed by atoms with Crippen molar-refractivity contribution in [3.05, 3.63) is 0 Å². The van der Waals surface area contributed by atoms with Gasteiger partial charge in [-0.25, -0.2) is 5.10 Å². The third-order valence-corrected chi connectivity index (χ3v) is 1.22. The van der Waals surface area contributed by atoms with E-state index in [0.717, 1.165) is 0 Å². The predicted octanol–water partition coefficient (Wildman–Crippen LogP) is -0.728. The van der Waals surface area contributed by atoms with Crippen molar-refractivity contribution < 1.29 is 9.90 Å². The molecule has 0 bridgehead atoms. The SMILES string of the molecule is C[C@H](Nc1n[nH]c(N)n1)C(=O)O. The minimum atomic E-state index is -0.974. The second-order valence-electron chi connectivity index (χ2n) is 2.25. The number of rotatable bonds is 3. The smallest absolute Gasteiger partial charge is 0.325 e. The number of hydrogen-bond donors (Lipinski definition) is 4. The van der Waals surface area contributed by atoms with Crippen molar-refractivity contribution in [1.82, 2.24) is 15.2 Å². The van der Waals surface area contributed by atoms with Gasteiger partial charge in [0.05, 0.1) is 0 Å². The number of anilines is 2. The van der Waals surface area contributed by atoms with E-state index in [4.69, 9.17) is 10.8 Å². The molecule has 0 saturated heterocycles. The first kappa shape index (κ1) is 8.31. The summed E-state index contributed by atoms with van der Waals surface area (Å²) in [6.07, 6.45) is 0. The fourth-order valence-electron chi connectivity index (χ4n) is 0.594. The lowest BCUT2D eigenvalue weighted by molar-refractivity contribution is -0.137. The molecule has 1 atom stereocenters. The van der Waals surface area contributed by atoms with Crippen LogP contribution in [0.1, 0.15) is 6.92 Å². The third-order valence-electron chi connectivity index (χ3n) is 1.22. The molecule has 0 amide bonds. The molecular weight excluding hydrogens is 162 g/mol. The summed E-state index contributed by atoms with van der Waals surface area (Å²) < 4.78 is 0. The Kier molecular flexibility index (Phi) is 2.13. The molecule has 5 N–H and O–H groups in total. The summed E-state index contributed by atoms with van der Waals surface area (Å²) in [5, 5.41) is 17.0. The standard InChI is InChI=1S/C5H9N5O2/c1-2(3(11)12)7-5-8-4(6)9-10-5/h2H,1H3,(H,11,12)(H4,6,7,8,9,10)/t2-/m0/s1. The summed E-state index contributed by atoms with van der Waals surface area (Å²) in [6, 6.07) is -0.736. The molecule has 7 nitrogen and oxygen atoms in total. The summed E-state index contributed by atoms with van der Waals surface area (Å²) in [4.78, 5) is 14.0. The van der Waals surface area contributed by atoms with Crippen LogP contribution in [-0.4, -0.2) is 32.3 Å². The van der Waals surface area contributed by atoms with Crippen LogP contribution in [0.25, 0.3) is 0 Å². The molecule has 7 heteroatoms. The lowest BCUT2D eigenvalue weighted by Crippen LogP contribution is -2.25. The zero-order valence-electron chi connectivity index (χ0n) is 6.40. The van der Waals surface area contributed by atoms with Gasteiger partial charge in [-0.15, -0.1) is 5.10 Å². The van der Waals surface area contributed by atoms with Crippen LogP contribution in [0, 0.1) is 0 Å². The first-order valence-corrected chi connectivity index (χ1v) is 3.27. The third kappa shape index (κ3) is 1.84. The quantitative estimate of drug-likeness (QED) is 0.476. The van der Waals surface area contributed by atoms with Crippen LogP contribution < -0.4 is 11.1 Å². The molecule has 0 fully saturated rings. The number of carbonyl (C=O) groups is 1. The largest absolute Gasteiger partial charge is 0.480 e. The van der Waals surface area contributed by atoms with E-state index in [-0.39, 0.29) is 11.9 Å². The van der Waals surface area contributed by atoms with Gasteiger partial charge in [-0.05, 0) is 6.92 Å². The number of aliphatic carboxylic acids is 1. The Morgan fingerprint density at radius 3 is 2.92 bits per heavy atom. The molecule has 1 heterocycles. The highest BCUT2D eigenvalue weighted by Crippen LogP contribution is 2.00. The van der Waals surface area contributed by atoms with E-state index in [1.54, 1.807) is 0 Å². The number of nitrogens with zero attached hydrogens (tertiary/aromatic N) is 2. The van der Waals surface area contributed by atoms with E-state index in [1.165, 1.54) is 6.92 Å². The van der Waals surface area contributed by atoms with Crippen molar-refractivity contribution in [2.45, 2.75) is 13.0 Å². The highest BCUT2D eigenvalue weighted by Gasteiger charge is 2.11. The Labute approximate surface area is 68.0 Å². The van der Waals surface area contributed by atoms with Gasteiger partial charge in [-0.3, -0.25) is 4.79 Å². The van der Waals surface area contributed by atoms with Gasteiger partial charge in [0.2, 0.25) is 11.9 Å². The Hall–Kier alpha value is -1.79. The van der Waals surface area contributed by atoms with E-state index in [1.807, 2.05) is 0 Å². The molecule has 66 valence electrons. The zero-order chi connectivity index (χ0) is 9.14. The van der Waals surface area contributed by atoms with Crippen molar-refractivity contribution in [3.8, 4) is 0 Å². The van der Waals surface area contributed by atoms with Crippen LogP contribution in [0.4, 0.5) is 11.9 Å². The fourth-order valence-corrected chi connectivity index (χ4v) is 0.594. The average Bonchev–Trinajstić information content (AvgIpc) is 2.35. The van der Waals surface area contributed by atoms with Gasteiger partial charge in [0.15, 0.2) is 0 Å². The van der Waals surface area contributed by atoms with Crippen molar-refractivity contribution in [1.29, 1.82) is 0 Å². The number of nitrogen functional groups attached to an aromatic ring is 1. The van der Waals surface area contributed by atoms with E-state index in [2.05, 4.69) is 20.5 Å². The molecule has 0 aliphatic heterocycles. The van der Waals surface area contributed by atoms with Gasteiger partial charge >= 0.3 is 5.97 Å². The second-order valence-corrected chi connectivity index (χ2v) is 2.25. The molecular formula is C5H9N5O2. The number of aromatic nitrogens is 3. The maximum atomic E-state index is 10.4. The van der Waals surface area contributed by atoms with Crippen LogP contribution in [0.3, 0.4) is 0 Å². The molecule has 1 rings (SSSR count). The summed E-state index contributed by atoms with van der Waals surface area (Å²) >= 11 is 0. The molecule has 0 unspecified atom stereocenters. The number of hydrogen-bond acceptors (Lipinski definition) is 5. The van der Waals surface area contributed by atoms with Crippen molar-refractivity contribution in [2.24, 2.45) is 0 Å². The van der Waals surface area contributed by atoms with Crippen LogP contribution in [0.2, 0.25) is 0 Å². The Morgan fingerprint density at radius 2 is 2.50 bits per heavy atom. The number of H-pyrrole nitrogens is 1. The van der Waals surface area contributed by atoms with Gasteiger partial charge < -0.3 is 16.2 Å². The first-order valence-electron chi connectivity index (χ1n) is 3.27. The van der Waals surface area contributed by atoms with Gasteiger partial charge in [0.1, 0.15) is 6.04 Å². The number of nitrogens with two attached hydrogens (primary N) is 1. The van der Waals surface area contributed by atoms with Gasteiger partial charge in [-0.2, -0.15) is 4.98 Å². The monoisotopic (exact) mass is 171 g/mol. The summed E-state index contributed by atoms with van der Waals surface area (Å²) in [6.45, 7) is 1.48. The summed E-state index contributed by atoms with van der Waals surface area (Å²) in [5.41, 5.74) is 5.21. The van der Waals surface area contributed by atoms with E-state index < -0.39 is 12.0 Å². The molecule has 0 aromatic carbocycles. The van der Waals surface area contributed by atoms with Crippen molar-refractivity contribution in [3.63, 3.8) is 0 Å². The minimum absolute atomic E-state index is 0.148. The molecule has 0 spiro atoms. The first-order chi connectivity index (χ1) is 5.59. The van der Waals surface area contributed by atoms with Crippen molar-refractivity contribution in [2.75, 3.05) is 11.1 Å². The number of aromatic amines is 1. The predicted molar refractivity (Wildman–Crippen MR) is 41.5 cm³/mol. The molecule has 0 aliphatic rings. The summed E-state index contributed by atoms with van der Waals surface area (Å²) in [5.74, 6) is -0.643. The summed E-state index contributed by atoms with van der Waals surface area (Å²) in [7, 11) is 0. The fraction of sp³-hybridized carbons (Fsp3) is 0.400. The Bertz CT molecular complexity index is 283. The molecule has 0 saturated carbocycles. The van der Waals surface area contributed by atoms with E-state index in [0.29, 0.717) is 0 Å². The van der Waals surface area contributed by atoms with Gasteiger partial charge in [-0.1, -0.05) is 0 Å². The normalized spacial score (nSPS) is 12.4. The molecule has 12 heavy (non-hydrogen) atoms. The number of carboxylic acid groups (broad SMARTS) is 1. The van der Waals surface area contributed by atoms with Crippen LogP contribution in [0.5, 0.6) is 0 Å². The van der Waals surface area contributed by atoms with E-state index in [9.17, 15) is 4.79 Å². The molecule has 0 aliphatic carbocycles. The highest BCUT2D eigenvalue weighted by molar-refractivity contribution is 5.75. The second kappa shape index (κ2) is 3.07. The topological polar surface area (TPSA) is 117 Å². The van der Waals surface area contributed by atoms with Crippen molar-refractivity contribution >= 4 is 17.9 Å². The maximum Gasteiger partial charge on any atom is 0.325 e. The minimum Gasteiger partial charge on any atom is -0.480 e. The highest BCUT2D eigenvalue weighted by atomic mass is 16.4. The number of nitrogens with one attached hydrogen (secondary N) is 2. The number of carboxylic acids is 1. The lowest BCUT2D eigenvalue weighted by atomic mass is 10.3. The van der Waals surface area contributed by atoms with Crippen LogP contribution in [-0.2, 0) is 4.79 Å². The Balaban J connectivity index is 2.58. The van der Waals surface area contributed by atoms with Gasteiger partial charge in [0, 0.05) is 0 Å². The van der Waals surface area contributed by atoms with Gasteiger partial charge in [0.25, 0.3) is 0 Å². The Morgan fingerprint density at radius 1 is 1.83 bits per heavy atom. The van der Waals surface area contributed by atoms with Crippen LogP contribution >= 0.6 is 0 Å². The van der Waals surface area contributed by atoms with E-state index >= 15 is 0 Å². The zero-order valence-corrected chi connectivity index (χ0v) is 6.40. The molecule has 0 radical (unpaired) electrons.